The number of thioether (sulfide) groups is 1. The van der Waals surface area contributed by atoms with E-state index in [4.69, 9.17) is 5.73 Å². The van der Waals surface area contributed by atoms with Crippen LogP contribution in [0.4, 0.5) is 0 Å². The first-order valence-corrected chi connectivity index (χ1v) is 6.98. The summed E-state index contributed by atoms with van der Waals surface area (Å²) in [5, 5.41) is 10.2. The molecule has 2 atom stereocenters. The molecule has 4 N–H and O–H groups in total. The molecule has 0 aromatic carbocycles. The van der Waals surface area contributed by atoms with E-state index >= 15 is 0 Å². The van der Waals surface area contributed by atoms with Gasteiger partial charge in [0.15, 0.2) is 5.65 Å². The van der Waals surface area contributed by atoms with Gasteiger partial charge < -0.3 is 15.8 Å². The Morgan fingerprint density at radius 2 is 2.11 bits per heavy atom. The smallest absolute Gasteiger partial charge is 0.181 e. The highest BCUT2D eigenvalue weighted by molar-refractivity contribution is 8.00. The van der Waals surface area contributed by atoms with E-state index in [1.54, 1.807) is 6.33 Å². The second kappa shape index (κ2) is 5.44. The van der Waals surface area contributed by atoms with Gasteiger partial charge in [-0.3, -0.25) is 0 Å². The summed E-state index contributed by atoms with van der Waals surface area (Å²) in [6.45, 7) is 6.19. The lowest BCUT2D eigenvalue weighted by atomic mass is 9.85. The number of aromatic nitrogens is 4. The lowest BCUT2D eigenvalue weighted by Gasteiger charge is -2.32. The van der Waals surface area contributed by atoms with E-state index in [1.807, 2.05) is 0 Å². The fraction of sp³-hybridized carbons (Fsp3) is 0.583. The van der Waals surface area contributed by atoms with Gasteiger partial charge in [-0.15, -0.1) is 0 Å². The van der Waals surface area contributed by atoms with Crippen molar-refractivity contribution >= 4 is 22.9 Å². The van der Waals surface area contributed by atoms with Crippen LogP contribution in [0.5, 0.6) is 0 Å². The molecule has 0 radical (unpaired) electrons. The second-order valence-electron chi connectivity index (χ2n) is 5.51. The largest absolute Gasteiger partial charge is 0.395 e. The van der Waals surface area contributed by atoms with Crippen molar-refractivity contribution in [3.63, 3.8) is 0 Å². The van der Waals surface area contributed by atoms with Crippen molar-refractivity contribution in [2.45, 2.75) is 37.1 Å². The minimum absolute atomic E-state index is 0.00271. The van der Waals surface area contributed by atoms with Gasteiger partial charge in [0, 0.05) is 11.3 Å². The molecule has 0 saturated carbocycles. The van der Waals surface area contributed by atoms with Crippen molar-refractivity contribution in [3.05, 3.63) is 12.7 Å². The first-order chi connectivity index (χ1) is 8.93. The average molecular weight is 281 g/mol. The van der Waals surface area contributed by atoms with E-state index in [0.29, 0.717) is 5.65 Å². The van der Waals surface area contributed by atoms with Gasteiger partial charge in [-0.1, -0.05) is 32.5 Å². The van der Waals surface area contributed by atoms with Crippen LogP contribution < -0.4 is 5.73 Å². The summed E-state index contributed by atoms with van der Waals surface area (Å²) in [5.41, 5.74) is 7.55. The number of aromatic amines is 1. The molecule has 2 heterocycles. The first kappa shape index (κ1) is 14.2. The molecule has 0 aliphatic carbocycles. The van der Waals surface area contributed by atoms with Gasteiger partial charge >= 0.3 is 0 Å². The number of H-pyrrole nitrogens is 1. The van der Waals surface area contributed by atoms with Crippen LogP contribution >= 0.6 is 11.8 Å². The fourth-order valence-corrected chi connectivity index (χ4v) is 3.05. The lowest BCUT2D eigenvalue weighted by Crippen LogP contribution is -2.45. The van der Waals surface area contributed by atoms with Crippen molar-refractivity contribution < 1.29 is 5.11 Å². The Morgan fingerprint density at radius 1 is 1.37 bits per heavy atom. The van der Waals surface area contributed by atoms with Crippen LogP contribution in [0.15, 0.2) is 17.7 Å². The molecule has 0 fully saturated rings. The van der Waals surface area contributed by atoms with E-state index in [9.17, 15) is 5.11 Å². The quantitative estimate of drug-likeness (QED) is 0.574. The maximum Gasteiger partial charge on any atom is 0.181 e. The van der Waals surface area contributed by atoms with Crippen LogP contribution in [0.25, 0.3) is 11.2 Å². The van der Waals surface area contributed by atoms with E-state index in [2.05, 4.69) is 40.7 Å². The van der Waals surface area contributed by atoms with Crippen LogP contribution in [0.2, 0.25) is 0 Å². The molecule has 0 aliphatic heterocycles. The van der Waals surface area contributed by atoms with E-state index in [1.165, 1.54) is 18.1 Å². The van der Waals surface area contributed by atoms with Gasteiger partial charge in [-0.25, -0.2) is 15.0 Å². The molecule has 2 aromatic rings. The summed E-state index contributed by atoms with van der Waals surface area (Å²) in [5.74, 6) is 0. The molecular formula is C12H19N5OS. The van der Waals surface area contributed by atoms with E-state index in [-0.39, 0.29) is 23.3 Å². The maximum atomic E-state index is 9.57. The van der Waals surface area contributed by atoms with Crippen molar-refractivity contribution in [1.29, 1.82) is 0 Å². The van der Waals surface area contributed by atoms with E-state index in [0.717, 1.165) is 10.5 Å². The normalized spacial score (nSPS) is 15.6. The molecule has 0 saturated heterocycles. The highest BCUT2D eigenvalue weighted by atomic mass is 32.2. The summed E-state index contributed by atoms with van der Waals surface area (Å²) in [4.78, 5) is 15.4. The SMILES string of the molecule is CC(C)(C)C(N)C(CO)Sc1ncnc2nc[nH]c12. The van der Waals surface area contributed by atoms with Crippen LogP contribution in [0, 0.1) is 5.41 Å². The third-order valence-corrected chi connectivity index (χ3v) is 4.31. The molecule has 0 bridgehead atoms. The van der Waals surface area contributed by atoms with Crippen LogP contribution in [-0.4, -0.2) is 42.9 Å². The highest BCUT2D eigenvalue weighted by Crippen LogP contribution is 2.32. The zero-order chi connectivity index (χ0) is 14.0. The number of imidazole rings is 1. The molecule has 0 aliphatic rings. The molecular weight excluding hydrogens is 262 g/mol. The fourth-order valence-electron chi connectivity index (χ4n) is 1.76. The highest BCUT2D eigenvalue weighted by Gasteiger charge is 2.30. The molecule has 0 spiro atoms. The molecule has 104 valence electrons. The molecule has 2 aromatic heterocycles. The number of fused-ring (bicyclic) bond motifs is 1. The molecule has 0 amide bonds. The first-order valence-electron chi connectivity index (χ1n) is 6.10. The van der Waals surface area contributed by atoms with Gasteiger partial charge in [0.1, 0.15) is 16.9 Å². The number of rotatable bonds is 4. The third kappa shape index (κ3) is 3.05. The van der Waals surface area contributed by atoms with Crippen molar-refractivity contribution in [3.8, 4) is 0 Å². The van der Waals surface area contributed by atoms with Crippen molar-refractivity contribution in [2.24, 2.45) is 11.1 Å². The Kier molecular flexibility index (Phi) is 4.07. The topological polar surface area (TPSA) is 101 Å². The average Bonchev–Trinajstić information content (AvgIpc) is 2.82. The summed E-state index contributed by atoms with van der Waals surface area (Å²) in [7, 11) is 0. The Hall–Kier alpha value is -1.18. The number of aliphatic hydroxyl groups is 1. The van der Waals surface area contributed by atoms with Crippen LogP contribution in [-0.2, 0) is 0 Å². The number of hydrogen-bond donors (Lipinski definition) is 3. The Bertz CT molecular complexity index is 550. The van der Waals surface area contributed by atoms with E-state index < -0.39 is 0 Å². The van der Waals surface area contributed by atoms with Crippen LogP contribution in [0.3, 0.4) is 0 Å². The predicted molar refractivity (Wildman–Crippen MR) is 75.8 cm³/mol. The third-order valence-electron chi connectivity index (χ3n) is 3.03. The predicted octanol–water partition coefficient (Wildman–Crippen LogP) is 1.18. The zero-order valence-corrected chi connectivity index (χ0v) is 12.1. The standard InChI is InChI=1S/C12H19N5OS/c1-12(2,3)9(13)7(4-18)19-11-8-10(15-5-14-8)16-6-17-11/h5-7,9,18H,4,13H2,1-3H3,(H,14,15,16,17). The van der Waals surface area contributed by atoms with Crippen LogP contribution in [0.1, 0.15) is 20.8 Å². The van der Waals surface area contributed by atoms with Crippen molar-refractivity contribution in [1.82, 2.24) is 19.9 Å². The molecule has 2 unspecified atom stereocenters. The summed E-state index contributed by atoms with van der Waals surface area (Å²) in [6.07, 6.45) is 3.06. The Labute approximate surface area is 116 Å². The summed E-state index contributed by atoms with van der Waals surface area (Å²) in [6, 6.07) is -0.143. The van der Waals surface area contributed by atoms with Crippen molar-refractivity contribution in [2.75, 3.05) is 6.61 Å². The number of hydrogen-bond acceptors (Lipinski definition) is 6. The van der Waals surface area contributed by atoms with Gasteiger partial charge in [0.25, 0.3) is 0 Å². The molecule has 6 nitrogen and oxygen atoms in total. The minimum Gasteiger partial charge on any atom is -0.395 e. The van der Waals surface area contributed by atoms with Gasteiger partial charge in [-0.2, -0.15) is 0 Å². The number of nitrogens with one attached hydrogen (secondary N) is 1. The maximum absolute atomic E-state index is 9.57. The number of nitrogens with zero attached hydrogens (tertiary/aromatic N) is 3. The van der Waals surface area contributed by atoms with Gasteiger partial charge in [0.05, 0.1) is 12.9 Å². The Morgan fingerprint density at radius 3 is 2.74 bits per heavy atom. The molecule has 7 heteroatoms. The second-order valence-corrected chi connectivity index (χ2v) is 6.74. The number of aliphatic hydroxyl groups excluding tert-OH is 1. The minimum atomic E-state index is -0.143. The van der Waals surface area contributed by atoms with Gasteiger partial charge in [0.2, 0.25) is 0 Å². The summed E-state index contributed by atoms with van der Waals surface area (Å²) >= 11 is 1.46. The van der Waals surface area contributed by atoms with Gasteiger partial charge in [-0.05, 0) is 5.41 Å². The zero-order valence-electron chi connectivity index (χ0n) is 11.3. The lowest BCUT2D eigenvalue weighted by molar-refractivity contribution is 0.233. The monoisotopic (exact) mass is 281 g/mol. The molecule has 2 rings (SSSR count). The number of nitrogens with two attached hydrogens (primary N) is 1. The summed E-state index contributed by atoms with van der Waals surface area (Å²) < 4.78 is 0. The molecule has 19 heavy (non-hydrogen) atoms. The Balaban J connectivity index is 2.25.